The highest BCUT2D eigenvalue weighted by atomic mass is 19.1. The zero-order valence-corrected chi connectivity index (χ0v) is 6.87. The monoisotopic (exact) mass is 184 g/mol. The Balaban J connectivity index is 3.17. The normalized spacial score (nSPS) is 10.0. The second-order valence-electron chi connectivity index (χ2n) is 2.54. The zero-order valence-electron chi connectivity index (χ0n) is 6.87. The summed E-state index contributed by atoms with van der Waals surface area (Å²) in [5.74, 6) is -0.809. The Hall–Kier alpha value is -1.49. The van der Waals surface area contributed by atoms with Crippen molar-refractivity contribution in [2.75, 3.05) is 6.54 Å². The van der Waals surface area contributed by atoms with Crippen molar-refractivity contribution in [1.82, 2.24) is 0 Å². The van der Waals surface area contributed by atoms with E-state index in [1.807, 2.05) is 0 Å². The molecule has 0 aliphatic heterocycles. The van der Waals surface area contributed by atoms with Crippen LogP contribution in [-0.4, -0.2) is 11.5 Å². The molecule has 0 amide bonds. The summed E-state index contributed by atoms with van der Waals surface area (Å²) >= 11 is 0. The van der Waals surface area contributed by atoms with E-state index in [1.54, 1.807) is 0 Å². The number of nitro benzene ring substituents is 1. The van der Waals surface area contributed by atoms with Crippen LogP contribution >= 0.6 is 0 Å². The van der Waals surface area contributed by atoms with Gasteiger partial charge in [0, 0.05) is 5.56 Å². The van der Waals surface area contributed by atoms with Gasteiger partial charge in [-0.15, -0.1) is 0 Å². The quantitative estimate of drug-likeness (QED) is 0.567. The maximum atomic E-state index is 12.9. The molecule has 0 fully saturated rings. The number of para-hydroxylation sites is 1. The standard InChI is InChI=1S/C8H9FN2O2/c9-7-3-1-2-6(4-5-10)8(7)11(12)13/h1-3H,4-5,10H2. The van der Waals surface area contributed by atoms with Crippen LogP contribution in [0.15, 0.2) is 18.2 Å². The van der Waals surface area contributed by atoms with Crippen LogP contribution in [0.3, 0.4) is 0 Å². The highest BCUT2D eigenvalue weighted by Crippen LogP contribution is 2.22. The van der Waals surface area contributed by atoms with Crippen molar-refractivity contribution in [3.8, 4) is 0 Å². The lowest BCUT2D eigenvalue weighted by Gasteiger charge is -2.00. The van der Waals surface area contributed by atoms with Gasteiger partial charge in [-0.25, -0.2) is 0 Å². The van der Waals surface area contributed by atoms with Crippen molar-refractivity contribution < 1.29 is 9.31 Å². The third kappa shape index (κ3) is 2.00. The largest absolute Gasteiger partial charge is 0.330 e. The van der Waals surface area contributed by atoms with Crippen LogP contribution < -0.4 is 5.73 Å². The SMILES string of the molecule is NCCc1cccc(F)c1[N+](=O)[O-]. The number of nitrogens with zero attached hydrogens (tertiary/aromatic N) is 1. The van der Waals surface area contributed by atoms with Gasteiger partial charge in [0.15, 0.2) is 0 Å². The van der Waals surface area contributed by atoms with Crippen molar-refractivity contribution in [3.05, 3.63) is 39.7 Å². The highest BCUT2D eigenvalue weighted by molar-refractivity contribution is 5.41. The first kappa shape index (κ1) is 9.60. The van der Waals surface area contributed by atoms with E-state index >= 15 is 0 Å². The fourth-order valence-electron chi connectivity index (χ4n) is 1.12. The van der Waals surface area contributed by atoms with E-state index in [-0.39, 0.29) is 6.54 Å². The molecule has 0 heterocycles. The molecule has 0 radical (unpaired) electrons. The van der Waals surface area contributed by atoms with Crippen LogP contribution in [0.5, 0.6) is 0 Å². The van der Waals surface area contributed by atoms with E-state index in [0.29, 0.717) is 12.0 Å². The molecule has 2 N–H and O–H groups in total. The fourth-order valence-corrected chi connectivity index (χ4v) is 1.12. The molecule has 0 unspecified atom stereocenters. The lowest BCUT2D eigenvalue weighted by Crippen LogP contribution is -2.06. The molecule has 0 aliphatic rings. The van der Waals surface area contributed by atoms with Crippen molar-refractivity contribution in [1.29, 1.82) is 0 Å². The number of rotatable bonds is 3. The van der Waals surface area contributed by atoms with Gasteiger partial charge < -0.3 is 5.73 Å². The van der Waals surface area contributed by atoms with E-state index in [0.717, 1.165) is 6.07 Å². The Kier molecular flexibility index (Phi) is 2.92. The molecule has 0 atom stereocenters. The third-order valence-electron chi connectivity index (χ3n) is 1.67. The van der Waals surface area contributed by atoms with Gasteiger partial charge in [-0.2, -0.15) is 4.39 Å². The van der Waals surface area contributed by atoms with E-state index in [2.05, 4.69) is 0 Å². The van der Waals surface area contributed by atoms with Crippen LogP contribution in [0.4, 0.5) is 10.1 Å². The van der Waals surface area contributed by atoms with Crippen LogP contribution in [0.2, 0.25) is 0 Å². The van der Waals surface area contributed by atoms with Crippen LogP contribution in [0.25, 0.3) is 0 Å². The summed E-state index contributed by atoms with van der Waals surface area (Å²) in [6.07, 6.45) is 0.314. The molecule has 0 saturated carbocycles. The molecule has 0 saturated heterocycles. The predicted octanol–water partition coefficient (Wildman–Crippen LogP) is 1.24. The lowest BCUT2D eigenvalue weighted by atomic mass is 10.1. The number of hydrogen-bond acceptors (Lipinski definition) is 3. The molecule has 0 aromatic heterocycles. The maximum Gasteiger partial charge on any atom is 0.307 e. The summed E-state index contributed by atoms with van der Waals surface area (Å²) in [5, 5.41) is 10.4. The average Bonchev–Trinajstić information content (AvgIpc) is 2.04. The van der Waals surface area contributed by atoms with Crippen molar-refractivity contribution >= 4 is 5.69 Å². The Morgan fingerprint density at radius 2 is 2.23 bits per heavy atom. The Labute approximate surface area is 74.3 Å². The van der Waals surface area contributed by atoms with Gasteiger partial charge in [0.2, 0.25) is 5.82 Å². The molecule has 0 bridgehead atoms. The molecule has 4 nitrogen and oxygen atoms in total. The molecular formula is C8H9FN2O2. The average molecular weight is 184 g/mol. The molecule has 70 valence electrons. The summed E-state index contributed by atoms with van der Waals surface area (Å²) in [5.41, 5.74) is 5.11. The minimum Gasteiger partial charge on any atom is -0.330 e. The number of hydrogen-bond donors (Lipinski definition) is 1. The molecule has 0 aliphatic carbocycles. The summed E-state index contributed by atoms with van der Waals surface area (Å²) < 4.78 is 12.9. The van der Waals surface area contributed by atoms with E-state index in [9.17, 15) is 14.5 Å². The van der Waals surface area contributed by atoms with E-state index in [1.165, 1.54) is 12.1 Å². The number of halogens is 1. The molecule has 1 rings (SSSR count). The first-order valence-corrected chi connectivity index (χ1v) is 3.78. The summed E-state index contributed by atoms with van der Waals surface area (Å²) in [6, 6.07) is 4.01. The van der Waals surface area contributed by atoms with Crippen molar-refractivity contribution in [2.24, 2.45) is 5.73 Å². The minimum absolute atomic E-state index is 0.268. The van der Waals surface area contributed by atoms with Gasteiger partial charge in [-0.3, -0.25) is 10.1 Å². The molecule has 5 heteroatoms. The second-order valence-corrected chi connectivity index (χ2v) is 2.54. The predicted molar refractivity (Wildman–Crippen MR) is 45.8 cm³/mol. The second kappa shape index (κ2) is 3.95. The molecule has 1 aromatic carbocycles. The third-order valence-corrected chi connectivity index (χ3v) is 1.67. The number of benzene rings is 1. The van der Waals surface area contributed by atoms with Gasteiger partial charge in [-0.1, -0.05) is 12.1 Å². The number of nitro groups is 1. The molecule has 1 aromatic rings. The molecule has 13 heavy (non-hydrogen) atoms. The van der Waals surface area contributed by atoms with Gasteiger partial charge in [0.05, 0.1) is 4.92 Å². The van der Waals surface area contributed by atoms with Crippen LogP contribution in [0, 0.1) is 15.9 Å². The van der Waals surface area contributed by atoms with Crippen molar-refractivity contribution in [2.45, 2.75) is 6.42 Å². The van der Waals surface area contributed by atoms with Gasteiger partial charge in [-0.05, 0) is 19.0 Å². The smallest absolute Gasteiger partial charge is 0.307 e. The summed E-state index contributed by atoms with van der Waals surface area (Å²) in [4.78, 5) is 9.72. The highest BCUT2D eigenvalue weighted by Gasteiger charge is 2.18. The van der Waals surface area contributed by atoms with E-state index < -0.39 is 16.4 Å². The first-order chi connectivity index (χ1) is 6.16. The topological polar surface area (TPSA) is 69.2 Å². The Morgan fingerprint density at radius 1 is 1.54 bits per heavy atom. The van der Waals surface area contributed by atoms with Gasteiger partial charge >= 0.3 is 5.69 Å². The first-order valence-electron chi connectivity index (χ1n) is 3.78. The van der Waals surface area contributed by atoms with Crippen molar-refractivity contribution in [3.63, 3.8) is 0 Å². The molecule has 0 spiro atoms. The number of nitrogens with two attached hydrogens (primary N) is 1. The Morgan fingerprint density at radius 3 is 2.77 bits per heavy atom. The van der Waals surface area contributed by atoms with Gasteiger partial charge in [0.1, 0.15) is 0 Å². The molecular weight excluding hydrogens is 175 g/mol. The maximum absolute atomic E-state index is 12.9. The van der Waals surface area contributed by atoms with Crippen LogP contribution in [-0.2, 0) is 6.42 Å². The Bertz CT molecular complexity index is 328. The lowest BCUT2D eigenvalue weighted by molar-refractivity contribution is -0.388. The van der Waals surface area contributed by atoms with E-state index in [4.69, 9.17) is 5.73 Å². The summed E-state index contributed by atoms with van der Waals surface area (Å²) in [6.45, 7) is 0.268. The summed E-state index contributed by atoms with van der Waals surface area (Å²) in [7, 11) is 0. The minimum atomic E-state index is -0.809. The zero-order chi connectivity index (χ0) is 9.84. The fraction of sp³-hybridized carbons (Fsp3) is 0.250. The van der Waals surface area contributed by atoms with Gasteiger partial charge in [0.25, 0.3) is 0 Å². The van der Waals surface area contributed by atoms with Crippen LogP contribution in [0.1, 0.15) is 5.56 Å².